The molecule has 2 nitrogen and oxygen atoms in total. The number of nitrogens with one attached hydrogen (secondary N) is 1. The Hall–Kier alpha value is 0.210. The van der Waals surface area contributed by atoms with Crippen molar-refractivity contribution in [3.8, 4) is 0 Å². The first-order chi connectivity index (χ1) is 6.20. The number of rotatable bonds is 1. The minimum absolute atomic E-state index is 0. The largest absolute Gasteiger partial charge is 0.390 e. The van der Waals surface area contributed by atoms with Crippen molar-refractivity contribution in [2.75, 3.05) is 7.05 Å². The average Bonchev–Trinajstić information content (AvgIpc) is 2.00. The maximum Gasteiger partial charge on any atom is 0.0657 e. The lowest BCUT2D eigenvalue weighted by Crippen LogP contribution is -2.60. The van der Waals surface area contributed by atoms with Gasteiger partial charge in [0.2, 0.25) is 0 Å². The molecular weight excluding hydrogens is 198 g/mol. The Kier molecular flexibility index (Phi) is 2.57. The molecule has 0 aromatic heterocycles. The molecule has 4 fully saturated rings. The van der Waals surface area contributed by atoms with E-state index in [1.54, 1.807) is 0 Å². The van der Waals surface area contributed by atoms with E-state index in [0.29, 0.717) is 6.04 Å². The number of hydrogen-bond donors (Lipinski definition) is 2. The summed E-state index contributed by atoms with van der Waals surface area (Å²) in [5, 5.41) is 13.7. The van der Waals surface area contributed by atoms with Crippen LogP contribution in [0.25, 0.3) is 0 Å². The molecule has 2 N–H and O–H groups in total. The van der Waals surface area contributed by atoms with Gasteiger partial charge in [-0.1, -0.05) is 0 Å². The summed E-state index contributed by atoms with van der Waals surface area (Å²) in [5.74, 6) is 2.37. The second-order valence-corrected chi connectivity index (χ2v) is 5.51. The molecule has 0 heterocycles. The van der Waals surface area contributed by atoms with E-state index in [9.17, 15) is 5.11 Å². The van der Waals surface area contributed by atoms with Gasteiger partial charge in [-0.15, -0.1) is 12.4 Å². The van der Waals surface area contributed by atoms with Gasteiger partial charge in [0.05, 0.1) is 5.60 Å². The molecule has 82 valence electrons. The van der Waals surface area contributed by atoms with Crippen molar-refractivity contribution in [2.24, 2.45) is 17.8 Å². The molecule has 4 rings (SSSR count). The Balaban J connectivity index is 0.000000750. The smallest absolute Gasteiger partial charge is 0.0657 e. The Morgan fingerprint density at radius 2 is 1.71 bits per heavy atom. The van der Waals surface area contributed by atoms with Crippen LogP contribution in [0.15, 0.2) is 0 Å². The van der Waals surface area contributed by atoms with Crippen molar-refractivity contribution in [3.05, 3.63) is 0 Å². The van der Waals surface area contributed by atoms with E-state index >= 15 is 0 Å². The average molecular weight is 218 g/mol. The fourth-order valence-corrected chi connectivity index (χ4v) is 4.45. The zero-order valence-electron chi connectivity index (χ0n) is 8.70. The molecule has 14 heavy (non-hydrogen) atoms. The van der Waals surface area contributed by atoms with E-state index in [2.05, 4.69) is 12.4 Å². The highest BCUT2D eigenvalue weighted by Gasteiger charge is 2.54. The van der Waals surface area contributed by atoms with Crippen molar-refractivity contribution in [3.63, 3.8) is 0 Å². The van der Waals surface area contributed by atoms with Crippen molar-refractivity contribution >= 4 is 12.4 Å². The van der Waals surface area contributed by atoms with Gasteiger partial charge in [0, 0.05) is 6.04 Å². The molecule has 0 saturated heterocycles. The van der Waals surface area contributed by atoms with Crippen LogP contribution in [0.4, 0.5) is 0 Å². The highest BCUT2D eigenvalue weighted by molar-refractivity contribution is 5.85. The lowest BCUT2D eigenvalue weighted by atomic mass is 9.52. The normalized spacial score (nSPS) is 54.4. The van der Waals surface area contributed by atoms with Crippen LogP contribution in [-0.4, -0.2) is 23.8 Å². The summed E-state index contributed by atoms with van der Waals surface area (Å²) in [6.45, 7) is 0. The zero-order valence-corrected chi connectivity index (χ0v) is 9.52. The van der Waals surface area contributed by atoms with E-state index in [-0.39, 0.29) is 18.0 Å². The second kappa shape index (κ2) is 3.36. The van der Waals surface area contributed by atoms with E-state index < -0.39 is 0 Å². The van der Waals surface area contributed by atoms with Crippen LogP contribution < -0.4 is 5.32 Å². The van der Waals surface area contributed by atoms with E-state index in [0.717, 1.165) is 37.0 Å². The summed E-state index contributed by atoms with van der Waals surface area (Å²) in [7, 11) is 2.08. The Morgan fingerprint density at radius 1 is 1.14 bits per heavy atom. The number of halogens is 1. The standard InChI is InChI=1S/C11H19NO.ClH/c1-12-10-8-2-7-3-9(10)6-11(13,4-7)5-8;/h7-10,12-13H,2-6H2,1H3;1H/t7?,8-,9+,10?,11?;. The lowest BCUT2D eigenvalue weighted by Gasteiger charge is -2.58. The topological polar surface area (TPSA) is 32.3 Å². The zero-order chi connectivity index (χ0) is 9.05. The number of aliphatic hydroxyl groups is 1. The molecule has 3 heteroatoms. The quantitative estimate of drug-likeness (QED) is 0.699. The van der Waals surface area contributed by atoms with Crippen molar-refractivity contribution in [2.45, 2.75) is 43.7 Å². The number of hydrogen-bond acceptors (Lipinski definition) is 2. The Bertz CT molecular complexity index is 217. The van der Waals surface area contributed by atoms with Gasteiger partial charge in [-0.3, -0.25) is 0 Å². The monoisotopic (exact) mass is 217 g/mol. The predicted molar refractivity (Wildman–Crippen MR) is 58.6 cm³/mol. The minimum atomic E-state index is -0.260. The van der Waals surface area contributed by atoms with Crippen LogP contribution in [0.1, 0.15) is 32.1 Å². The van der Waals surface area contributed by atoms with Gasteiger partial charge in [0.1, 0.15) is 0 Å². The van der Waals surface area contributed by atoms with Crippen LogP contribution in [0.2, 0.25) is 0 Å². The summed E-state index contributed by atoms with van der Waals surface area (Å²) in [6, 6.07) is 0.705. The third kappa shape index (κ3) is 1.39. The van der Waals surface area contributed by atoms with Gasteiger partial charge in [-0.2, -0.15) is 0 Å². The van der Waals surface area contributed by atoms with E-state index in [1.807, 2.05) is 0 Å². The van der Waals surface area contributed by atoms with Gasteiger partial charge in [-0.25, -0.2) is 0 Å². The molecule has 0 radical (unpaired) electrons. The molecule has 4 aliphatic rings. The summed E-state index contributed by atoms with van der Waals surface area (Å²) in [4.78, 5) is 0. The van der Waals surface area contributed by atoms with Gasteiger partial charge >= 0.3 is 0 Å². The molecule has 4 aliphatic carbocycles. The molecule has 0 amide bonds. The van der Waals surface area contributed by atoms with Crippen LogP contribution >= 0.6 is 12.4 Å². The van der Waals surface area contributed by atoms with E-state index in [4.69, 9.17) is 0 Å². The van der Waals surface area contributed by atoms with Gasteiger partial charge in [-0.05, 0) is 56.9 Å². The third-order valence-electron chi connectivity index (χ3n) is 4.57. The third-order valence-corrected chi connectivity index (χ3v) is 4.57. The first-order valence-electron chi connectivity index (χ1n) is 5.60. The molecule has 0 aromatic rings. The predicted octanol–water partition coefficient (Wildman–Crippen LogP) is 1.57. The molecule has 3 unspecified atom stereocenters. The minimum Gasteiger partial charge on any atom is -0.390 e. The molecule has 4 saturated carbocycles. The SMILES string of the molecule is CNC1[C@@H]2CC3C[C@H]1CC(O)(C3)C2.Cl. The highest BCUT2D eigenvalue weighted by atomic mass is 35.5. The van der Waals surface area contributed by atoms with Crippen LogP contribution in [0.5, 0.6) is 0 Å². The maximum atomic E-state index is 10.3. The fourth-order valence-electron chi connectivity index (χ4n) is 4.45. The van der Waals surface area contributed by atoms with Gasteiger partial charge in [0.15, 0.2) is 0 Å². The first kappa shape index (κ1) is 10.7. The van der Waals surface area contributed by atoms with Crippen LogP contribution in [0, 0.1) is 17.8 Å². The van der Waals surface area contributed by atoms with Gasteiger partial charge < -0.3 is 10.4 Å². The van der Waals surface area contributed by atoms with Crippen LogP contribution in [-0.2, 0) is 0 Å². The van der Waals surface area contributed by atoms with Crippen molar-refractivity contribution in [1.29, 1.82) is 0 Å². The summed E-state index contributed by atoms with van der Waals surface area (Å²) < 4.78 is 0. The molecule has 0 aliphatic heterocycles. The summed E-state index contributed by atoms with van der Waals surface area (Å²) in [6.07, 6.45) is 5.95. The molecular formula is C11H20ClNO. The van der Waals surface area contributed by atoms with Crippen molar-refractivity contribution in [1.82, 2.24) is 5.32 Å². The molecule has 0 spiro atoms. The summed E-state index contributed by atoms with van der Waals surface area (Å²) >= 11 is 0. The molecule has 4 bridgehead atoms. The molecule has 0 aromatic carbocycles. The van der Waals surface area contributed by atoms with Crippen molar-refractivity contribution < 1.29 is 5.11 Å². The highest BCUT2D eigenvalue weighted by Crippen LogP contribution is 2.55. The fraction of sp³-hybridized carbons (Fsp3) is 1.00. The van der Waals surface area contributed by atoms with Gasteiger partial charge in [0.25, 0.3) is 0 Å². The Morgan fingerprint density at radius 3 is 2.14 bits per heavy atom. The summed E-state index contributed by atoms with van der Waals surface area (Å²) in [5.41, 5.74) is -0.260. The Labute approximate surface area is 91.9 Å². The van der Waals surface area contributed by atoms with E-state index in [1.165, 1.54) is 12.8 Å². The lowest BCUT2D eigenvalue weighted by molar-refractivity contribution is -0.137. The maximum absolute atomic E-state index is 10.3. The van der Waals surface area contributed by atoms with Crippen LogP contribution in [0.3, 0.4) is 0 Å². The molecule has 5 atom stereocenters. The second-order valence-electron chi connectivity index (χ2n) is 5.51. The first-order valence-corrected chi connectivity index (χ1v) is 5.60.